The Bertz CT molecular complexity index is 816. The number of nitrogens with one attached hydrogen (secondary N) is 2. The highest BCUT2D eigenvalue weighted by Gasteiger charge is 2.22. The number of benzene rings is 2. The van der Waals surface area contributed by atoms with Crippen molar-refractivity contribution in [2.75, 3.05) is 14.2 Å². The van der Waals surface area contributed by atoms with Crippen molar-refractivity contribution in [3.8, 4) is 11.5 Å². The van der Waals surface area contributed by atoms with Gasteiger partial charge in [0.15, 0.2) is 11.5 Å². The third-order valence-corrected chi connectivity index (χ3v) is 4.48. The highest BCUT2D eigenvalue weighted by Crippen LogP contribution is 2.34. The molecule has 0 saturated carbocycles. The molecule has 0 radical (unpaired) electrons. The van der Waals surface area contributed by atoms with Gasteiger partial charge in [-0.25, -0.2) is 0 Å². The van der Waals surface area contributed by atoms with Crippen LogP contribution < -0.4 is 15.4 Å². The number of aromatic hydroxyl groups is 1. The molecule has 0 amide bonds. The van der Waals surface area contributed by atoms with Crippen LogP contribution in [0.3, 0.4) is 0 Å². The summed E-state index contributed by atoms with van der Waals surface area (Å²) in [7, 11) is 3.42. The van der Waals surface area contributed by atoms with Gasteiger partial charge in [0.1, 0.15) is 6.17 Å². The molecule has 3 rings (SSSR count). The van der Waals surface area contributed by atoms with E-state index in [1.54, 1.807) is 18.2 Å². The molecule has 0 aromatic heterocycles. The van der Waals surface area contributed by atoms with E-state index in [2.05, 4.69) is 42.0 Å². The van der Waals surface area contributed by atoms with E-state index in [1.807, 2.05) is 43.6 Å². The SMILES string of the molecule is C=C/C=C1/C(c2ccc(OC)c(O)c2)=CNC1NC.SCc1ccccc1. The number of methoxy groups -OCH3 is 1. The van der Waals surface area contributed by atoms with Crippen LogP contribution >= 0.6 is 12.6 Å². The lowest BCUT2D eigenvalue weighted by atomic mass is 9.98. The van der Waals surface area contributed by atoms with Crippen molar-refractivity contribution in [1.82, 2.24) is 10.6 Å². The van der Waals surface area contributed by atoms with Gasteiger partial charge in [-0.1, -0.05) is 55.1 Å². The van der Waals surface area contributed by atoms with E-state index in [0.29, 0.717) is 5.75 Å². The second kappa shape index (κ2) is 10.5. The molecule has 27 heavy (non-hydrogen) atoms. The first-order valence-corrected chi connectivity index (χ1v) is 9.26. The van der Waals surface area contributed by atoms with E-state index in [4.69, 9.17) is 4.74 Å². The zero-order valence-electron chi connectivity index (χ0n) is 15.6. The van der Waals surface area contributed by atoms with Crippen molar-refractivity contribution in [1.29, 1.82) is 0 Å². The molecule has 2 aromatic carbocycles. The summed E-state index contributed by atoms with van der Waals surface area (Å²) in [4.78, 5) is 0. The van der Waals surface area contributed by atoms with Gasteiger partial charge in [0.2, 0.25) is 0 Å². The zero-order valence-corrected chi connectivity index (χ0v) is 16.5. The fourth-order valence-electron chi connectivity index (χ4n) is 2.74. The van der Waals surface area contributed by atoms with Gasteiger partial charge in [0, 0.05) is 17.5 Å². The second-order valence-corrected chi connectivity index (χ2v) is 6.15. The van der Waals surface area contributed by atoms with Gasteiger partial charge in [0.05, 0.1) is 7.11 Å². The Morgan fingerprint density at radius 2 is 2.00 bits per heavy atom. The number of allylic oxidation sites excluding steroid dienone is 2. The van der Waals surface area contributed by atoms with Gasteiger partial charge in [-0.05, 0) is 35.9 Å². The number of phenols is 1. The van der Waals surface area contributed by atoms with Crippen LogP contribution in [0.5, 0.6) is 11.5 Å². The van der Waals surface area contributed by atoms with Crippen LogP contribution in [0.4, 0.5) is 0 Å². The van der Waals surface area contributed by atoms with Crippen molar-refractivity contribution >= 4 is 18.2 Å². The van der Waals surface area contributed by atoms with Crippen LogP contribution in [0.25, 0.3) is 5.57 Å². The Kier molecular flexibility index (Phi) is 8.04. The lowest BCUT2D eigenvalue weighted by molar-refractivity contribution is 0.373. The monoisotopic (exact) mass is 382 g/mol. The normalized spacial score (nSPS) is 16.8. The predicted molar refractivity (Wildman–Crippen MR) is 116 cm³/mol. The van der Waals surface area contributed by atoms with Crippen molar-refractivity contribution < 1.29 is 9.84 Å². The van der Waals surface area contributed by atoms with Crippen molar-refractivity contribution in [2.24, 2.45) is 0 Å². The van der Waals surface area contributed by atoms with E-state index >= 15 is 0 Å². The van der Waals surface area contributed by atoms with Crippen LogP contribution in [0, 0.1) is 0 Å². The third kappa shape index (κ3) is 5.42. The second-order valence-electron chi connectivity index (χ2n) is 5.83. The Morgan fingerprint density at radius 1 is 1.26 bits per heavy atom. The largest absolute Gasteiger partial charge is 0.504 e. The van der Waals surface area contributed by atoms with Crippen LogP contribution in [0.2, 0.25) is 0 Å². The molecule has 5 heteroatoms. The van der Waals surface area contributed by atoms with E-state index in [1.165, 1.54) is 12.7 Å². The molecule has 1 aliphatic rings. The average molecular weight is 383 g/mol. The minimum atomic E-state index is 0.0530. The maximum atomic E-state index is 9.86. The molecule has 142 valence electrons. The molecular formula is C22H26N2O2S. The van der Waals surface area contributed by atoms with Crippen molar-refractivity contribution in [2.45, 2.75) is 11.9 Å². The number of likely N-dealkylation sites (N-methyl/N-ethyl adjacent to an activating group) is 1. The number of thiol groups is 1. The molecule has 1 unspecified atom stereocenters. The summed E-state index contributed by atoms with van der Waals surface area (Å²) in [6.07, 6.45) is 5.69. The van der Waals surface area contributed by atoms with Crippen LogP contribution in [-0.2, 0) is 5.75 Å². The molecule has 0 fully saturated rings. The topological polar surface area (TPSA) is 53.5 Å². The van der Waals surface area contributed by atoms with Gasteiger partial charge >= 0.3 is 0 Å². The van der Waals surface area contributed by atoms with E-state index in [-0.39, 0.29) is 11.9 Å². The van der Waals surface area contributed by atoms with E-state index in [0.717, 1.165) is 22.5 Å². The standard InChI is InChI=1S/C15H18N2O2.C7H8S/c1-4-5-11-12(9-17-15(11)16-2)10-6-7-14(19-3)13(18)8-10;8-6-7-4-2-1-3-5-7/h4-9,15-18H,1H2,2-3H3;1-5,8H,6H2/b11-5-;. The van der Waals surface area contributed by atoms with Crippen LogP contribution in [0.15, 0.2) is 79.0 Å². The van der Waals surface area contributed by atoms with E-state index < -0.39 is 0 Å². The van der Waals surface area contributed by atoms with Crippen molar-refractivity contribution in [3.05, 3.63) is 90.2 Å². The number of ether oxygens (including phenoxy) is 1. The van der Waals surface area contributed by atoms with Gasteiger partial charge in [-0.3, -0.25) is 5.32 Å². The Hall–Kier alpha value is -2.63. The summed E-state index contributed by atoms with van der Waals surface area (Å²) >= 11 is 4.11. The first kappa shape index (κ1) is 20.7. The fraction of sp³-hybridized carbons (Fsp3) is 0.182. The highest BCUT2D eigenvalue weighted by atomic mass is 32.1. The third-order valence-electron chi connectivity index (χ3n) is 4.12. The summed E-state index contributed by atoms with van der Waals surface area (Å²) in [6.45, 7) is 3.74. The zero-order chi connectivity index (χ0) is 19.6. The van der Waals surface area contributed by atoms with Crippen LogP contribution in [-0.4, -0.2) is 25.4 Å². The maximum Gasteiger partial charge on any atom is 0.160 e. The Balaban J connectivity index is 0.000000273. The number of hydrogen-bond acceptors (Lipinski definition) is 5. The molecule has 1 heterocycles. The van der Waals surface area contributed by atoms with Gasteiger partial charge < -0.3 is 15.2 Å². The number of rotatable bonds is 5. The molecule has 1 atom stereocenters. The van der Waals surface area contributed by atoms with Gasteiger partial charge in [-0.2, -0.15) is 12.6 Å². The van der Waals surface area contributed by atoms with Crippen LogP contribution in [0.1, 0.15) is 11.1 Å². The Morgan fingerprint density at radius 3 is 2.52 bits per heavy atom. The predicted octanol–water partition coefficient (Wildman–Crippen LogP) is 4.12. The quantitative estimate of drug-likeness (QED) is 0.588. The van der Waals surface area contributed by atoms with E-state index in [9.17, 15) is 5.11 Å². The molecule has 0 spiro atoms. The first-order chi connectivity index (χ1) is 13.1. The van der Waals surface area contributed by atoms with Gasteiger partial charge in [0.25, 0.3) is 0 Å². The maximum absolute atomic E-state index is 9.86. The number of hydrogen-bond donors (Lipinski definition) is 4. The van der Waals surface area contributed by atoms with Gasteiger partial charge in [-0.15, -0.1) is 0 Å². The molecule has 1 aliphatic heterocycles. The van der Waals surface area contributed by atoms with Crippen molar-refractivity contribution in [3.63, 3.8) is 0 Å². The molecule has 3 N–H and O–H groups in total. The summed E-state index contributed by atoms with van der Waals surface area (Å²) in [5.41, 5.74) is 4.31. The molecule has 4 nitrogen and oxygen atoms in total. The molecule has 2 aromatic rings. The lowest BCUT2D eigenvalue weighted by Crippen LogP contribution is -2.34. The Labute approximate surface area is 166 Å². The summed E-state index contributed by atoms with van der Waals surface area (Å²) in [5.74, 6) is 1.43. The molecule has 0 saturated heterocycles. The minimum absolute atomic E-state index is 0.0530. The summed E-state index contributed by atoms with van der Waals surface area (Å²) < 4.78 is 5.05. The first-order valence-electron chi connectivity index (χ1n) is 8.63. The summed E-state index contributed by atoms with van der Waals surface area (Å²) in [5, 5.41) is 16.3. The average Bonchev–Trinajstić information content (AvgIpc) is 3.12. The molecule has 0 aliphatic carbocycles. The highest BCUT2D eigenvalue weighted by molar-refractivity contribution is 7.79. The molecule has 0 bridgehead atoms. The lowest BCUT2D eigenvalue weighted by Gasteiger charge is -2.14. The summed E-state index contributed by atoms with van der Waals surface area (Å²) in [6, 6.07) is 15.5. The minimum Gasteiger partial charge on any atom is -0.504 e. The smallest absolute Gasteiger partial charge is 0.160 e. The fourth-order valence-corrected chi connectivity index (χ4v) is 2.95. The number of phenolic OH excluding ortho intramolecular Hbond substituents is 1. The molecular weight excluding hydrogens is 356 g/mol.